The summed E-state index contributed by atoms with van der Waals surface area (Å²) in [5.74, 6) is -0.442. The molecule has 0 amide bonds. The fourth-order valence-electron chi connectivity index (χ4n) is 0.992. The van der Waals surface area contributed by atoms with Gasteiger partial charge in [-0.3, -0.25) is 10.0 Å². The van der Waals surface area contributed by atoms with Crippen molar-refractivity contribution in [1.29, 1.82) is 0 Å². The highest BCUT2D eigenvalue weighted by Crippen LogP contribution is 2.28. The van der Waals surface area contributed by atoms with Crippen LogP contribution in [0.5, 0.6) is 0 Å². The van der Waals surface area contributed by atoms with Crippen LogP contribution in [-0.4, -0.2) is 28.5 Å². The van der Waals surface area contributed by atoms with E-state index in [-0.39, 0.29) is 33.5 Å². The number of esters is 1. The average molecular weight is 278 g/mol. The number of rotatable bonds is 5. The molecule has 0 aromatic carbocycles. The third-order valence-corrected chi connectivity index (χ3v) is 2.81. The van der Waals surface area contributed by atoms with Gasteiger partial charge in [-0.25, -0.2) is 4.98 Å². The minimum atomic E-state index is -0.430. The molecule has 17 heavy (non-hydrogen) atoms. The van der Waals surface area contributed by atoms with Gasteiger partial charge in [-0.15, -0.1) is 0 Å². The average Bonchev–Trinajstić information content (AvgIpc) is 2.26. The van der Waals surface area contributed by atoms with Gasteiger partial charge >= 0.3 is 5.97 Å². The monoisotopic (exact) mass is 277 g/mol. The van der Waals surface area contributed by atoms with Crippen molar-refractivity contribution >= 4 is 35.0 Å². The molecule has 1 aromatic heterocycles. The summed E-state index contributed by atoms with van der Waals surface area (Å²) in [6.45, 7) is 1.97. The van der Waals surface area contributed by atoms with Crippen molar-refractivity contribution < 1.29 is 14.7 Å². The van der Waals surface area contributed by atoms with Gasteiger partial charge in [0, 0.05) is 0 Å². The van der Waals surface area contributed by atoms with Gasteiger partial charge in [-0.05, 0) is 19.1 Å². The van der Waals surface area contributed by atoms with Gasteiger partial charge < -0.3 is 15.2 Å². The standard InChI is InChI=1S/C9H10ClN2O4S/c1-2-16-8(13)5-17-9-6(12(14)15)3-4-7(10)11-9/h3-4,14H,2,5H2,1H3/q-1. The lowest BCUT2D eigenvalue weighted by atomic mass is 10.4. The molecule has 1 N–H and O–H groups in total. The van der Waals surface area contributed by atoms with E-state index in [0.29, 0.717) is 0 Å². The molecule has 0 radical (unpaired) electrons. The van der Waals surface area contributed by atoms with E-state index < -0.39 is 5.97 Å². The fourth-order valence-corrected chi connectivity index (χ4v) is 1.98. The third kappa shape index (κ3) is 4.39. The number of carbonyl (C=O) groups is 1. The second-order valence-corrected chi connectivity index (χ2v) is 4.18. The summed E-state index contributed by atoms with van der Waals surface area (Å²) in [5.41, 5.74) is -0.0660. The van der Waals surface area contributed by atoms with Crippen LogP contribution in [-0.2, 0) is 9.53 Å². The van der Waals surface area contributed by atoms with Gasteiger partial charge in [0.25, 0.3) is 0 Å². The Kier molecular flexibility index (Phi) is 5.49. The normalized spacial score (nSPS) is 10.1. The first kappa shape index (κ1) is 14.0. The molecular weight excluding hydrogens is 268 g/mol. The maximum atomic E-state index is 11.1. The Morgan fingerprint density at radius 2 is 2.41 bits per heavy atom. The third-order valence-electron chi connectivity index (χ3n) is 1.64. The number of carbonyl (C=O) groups excluding carboxylic acids is 1. The first-order valence-electron chi connectivity index (χ1n) is 4.65. The van der Waals surface area contributed by atoms with Crippen LogP contribution in [0.4, 0.5) is 5.69 Å². The molecule has 0 aliphatic rings. The molecule has 0 fully saturated rings. The molecule has 1 heterocycles. The van der Waals surface area contributed by atoms with Crippen LogP contribution in [0.3, 0.4) is 0 Å². The molecule has 0 atom stereocenters. The lowest BCUT2D eigenvalue weighted by Gasteiger charge is -2.23. The second kappa shape index (κ2) is 6.65. The Bertz CT molecular complexity index is 403. The van der Waals surface area contributed by atoms with E-state index in [0.717, 1.165) is 11.8 Å². The zero-order valence-corrected chi connectivity index (χ0v) is 10.5. The van der Waals surface area contributed by atoms with E-state index in [1.807, 2.05) is 0 Å². The molecule has 94 valence electrons. The summed E-state index contributed by atoms with van der Waals surface area (Å²) in [5, 5.41) is 19.7. The minimum Gasteiger partial charge on any atom is -0.733 e. The Balaban J connectivity index is 2.75. The van der Waals surface area contributed by atoms with Gasteiger partial charge in [0.1, 0.15) is 10.2 Å². The SMILES string of the molecule is CCOC(=O)CSc1nc(Cl)ccc1N([O-])O. The summed E-state index contributed by atoms with van der Waals surface area (Å²) < 4.78 is 4.72. The quantitative estimate of drug-likeness (QED) is 0.382. The number of thioether (sulfide) groups is 1. The lowest BCUT2D eigenvalue weighted by Crippen LogP contribution is -2.11. The van der Waals surface area contributed by atoms with Crippen LogP contribution in [0, 0.1) is 5.21 Å². The second-order valence-electron chi connectivity index (χ2n) is 2.82. The Morgan fingerprint density at radius 3 is 3.00 bits per heavy atom. The van der Waals surface area contributed by atoms with Crippen LogP contribution in [0.15, 0.2) is 17.2 Å². The molecule has 0 saturated heterocycles. The number of hydrogen-bond acceptors (Lipinski definition) is 7. The van der Waals surface area contributed by atoms with Crippen LogP contribution >= 0.6 is 23.4 Å². The highest BCUT2D eigenvalue weighted by atomic mass is 35.5. The van der Waals surface area contributed by atoms with Crippen LogP contribution in [0.1, 0.15) is 6.92 Å². The van der Waals surface area contributed by atoms with E-state index in [1.54, 1.807) is 6.92 Å². The maximum Gasteiger partial charge on any atom is 0.316 e. The highest BCUT2D eigenvalue weighted by molar-refractivity contribution is 8.00. The molecule has 1 aromatic rings. The molecule has 0 aliphatic heterocycles. The molecule has 0 bridgehead atoms. The predicted molar refractivity (Wildman–Crippen MR) is 64.2 cm³/mol. The van der Waals surface area contributed by atoms with Crippen molar-refractivity contribution in [3.63, 3.8) is 0 Å². The molecule has 1 rings (SSSR count). The van der Waals surface area contributed by atoms with Crippen molar-refractivity contribution in [3.8, 4) is 0 Å². The number of hydrogen-bond donors (Lipinski definition) is 1. The van der Waals surface area contributed by atoms with Gasteiger partial charge in [0.15, 0.2) is 0 Å². The number of aromatic nitrogens is 1. The predicted octanol–water partition coefficient (Wildman–Crippen LogP) is 2.08. The number of pyridine rings is 1. The number of anilines is 1. The van der Waals surface area contributed by atoms with Gasteiger partial charge in [0.2, 0.25) is 0 Å². The molecular formula is C9H10ClN2O4S-. The first-order valence-corrected chi connectivity index (χ1v) is 6.02. The lowest BCUT2D eigenvalue weighted by molar-refractivity contribution is -0.139. The van der Waals surface area contributed by atoms with E-state index >= 15 is 0 Å². The van der Waals surface area contributed by atoms with Crippen LogP contribution in [0.2, 0.25) is 5.15 Å². The van der Waals surface area contributed by atoms with Crippen LogP contribution in [0.25, 0.3) is 0 Å². The molecule has 0 saturated carbocycles. The zero-order chi connectivity index (χ0) is 12.8. The molecule has 6 nitrogen and oxygen atoms in total. The number of halogens is 1. The Morgan fingerprint density at radius 1 is 1.71 bits per heavy atom. The molecule has 8 heteroatoms. The van der Waals surface area contributed by atoms with E-state index in [9.17, 15) is 10.0 Å². The number of nitrogens with zero attached hydrogens (tertiary/aromatic N) is 2. The summed E-state index contributed by atoms with van der Waals surface area (Å²) in [6.07, 6.45) is 0. The van der Waals surface area contributed by atoms with Gasteiger partial charge in [0.05, 0.1) is 18.0 Å². The van der Waals surface area contributed by atoms with Crippen molar-refractivity contribution in [2.24, 2.45) is 0 Å². The molecule has 0 unspecified atom stereocenters. The maximum absolute atomic E-state index is 11.1. The van der Waals surface area contributed by atoms with Gasteiger partial charge in [-0.2, -0.15) is 0 Å². The summed E-state index contributed by atoms with van der Waals surface area (Å²) in [6, 6.07) is 2.68. The van der Waals surface area contributed by atoms with E-state index in [2.05, 4.69) is 4.98 Å². The minimum absolute atomic E-state index is 0.0119. The zero-order valence-electron chi connectivity index (χ0n) is 8.92. The largest absolute Gasteiger partial charge is 0.733 e. The Hall–Kier alpha value is -1.02. The molecule has 0 aliphatic carbocycles. The van der Waals surface area contributed by atoms with E-state index in [1.165, 1.54) is 12.1 Å². The van der Waals surface area contributed by atoms with Gasteiger partial charge in [-0.1, -0.05) is 23.4 Å². The van der Waals surface area contributed by atoms with E-state index in [4.69, 9.17) is 21.5 Å². The van der Waals surface area contributed by atoms with Crippen molar-refractivity contribution in [1.82, 2.24) is 4.98 Å². The first-order chi connectivity index (χ1) is 8.04. The summed E-state index contributed by atoms with van der Waals surface area (Å²) in [4.78, 5) is 15.0. The summed E-state index contributed by atoms with van der Waals surface area (Å²) >= 11 is 6.62. The van der Waals surface area contributed by atoms with Crippen molar-refractivity contribution in [3.05, 3.63) is 22.5 Å². The van der Waals surface area contributed by atoms with Crippen molar-refractivity contribution in [2.75, 3.05) is 17.6 Å². The summed E-state index contributed by atoms with van der Waals surface area (Å²) in [7, 11) is 0. The fraction of sp³-hybridized carbons (Fsp3) is 0.333. The number of ether oxygens (including phenoxy) is 1. The van der Waals surface area contributed by atoms with Crippen molar-refractivity contribution in [2.45, 2.75) is 11.9 Å². The van der Waals surface area contributed by atoms with Crippen LogP contribution < -0.4 is 5.23 Å². The highest BCUT2D eigenvalue weighted by Gasteiger charge is 2.10. The smallest absolute Gasteiger partial charge is 0.316 e. The Labute approximate surface area is 107 Å². The molecule has 0 spiro atoms. The topological polar surface area (TPSA) is 85.7 Å².